The van der Waals surface area contributed by atoms with Crippen molar-refractivity contribution < 1.29 is 0 Å². The van der Waals surface area contributed by atoms with Gasteiger partial charge in [-0.25, -0.2) is 0 Å². The molecule has 0 unspecified atom stereocenters. The molecule has 0 fully saturated rings. The number of benzene rings is 7. The van der Waals surface area contributed by atoms with Crippen molar-refractivity contribution in [2.24, 2.45) is 0 Å². The lowest BCUT2D eigenvalue weighted by molar-refractivity contribution is 1.23. The second-order valence-electron chi connectivity index (χ2n) is 12.7. The lowest BCUT2D eigenvalue weighted by Gasteiger charge is -2.29. The van der Waals surface area contributed by atoms with Gasteiger partial charge in [0.1, 0.15) is 0 Å². The highest BCUT2D eigenvalue weighted by Gasteiger charge is 2.18. The first kappa shape index (κ1) is 31.5. The lowest BCUT2D eigenvalue weighted by atomic mass is 10.1. The molecule has 0 atom stereocenters. The highest BCUT2D eigenvalue weighted by atomic mass is 15.2. The first-order valence-corrected chi connectivity index (χ1v) is 16.9. The first-order chi connectivity index (χ1) is 23.9. The van der Waals surface area contributed by atoms with Crippen LogP contribution in [0.2, 0.25) is 0 Å². The minimum Gasteiger partial charge on any atom is -0.311 e. The number of rotatable bonds is 9. The van der Waals surface area contributed by atoms with E-state index in [9.17, 15) is 0 Å². The topological polar surface area (TPSA) is 9.72 Å². The average Bonchev–Trinajstić information content (AvgIpc) is 3.11. The molecule has 49 heavy (non-hydrogen) atoms. The molecule has 0 aromatic heterocycles. The molecule has 3 heteroatoms. The van der Waals surface area contributed by atoms with E-state index in [2.05, 4.69) is 218 Å². The summed E-state index contributed by atoms with van der Waals surface area (Å²) in [7, 11) is 0. The first-order valence-electron chi connectivity index (χ1n) is 16.9. The number of hydrogen-bond donors (Lipinski definition) is 0. The number of para-hydroxylation sites is 1. The second kappa shape index (κ2) is 14.0. The monoisotopic (exact) mass is 635 g/mol. The highest BCUT2D eigenvalue weighted by molar-refractivity contribution is 5.83. The summed E-state index contributed by atoms with van der Waals surface area (Å²) in [5, 5.41) is 0. The average molecular weight is 636 g/mol. The Hall–Kier alpha value is -6.06. The fourth-order valence-electron chi connectivity index (χ4n) is 6.49. The molecule has 0 saturated heterocycles. The molecule has 240 valence electrons. The molecule has 7 aromatic rings. The molecule has 0 spiro atoms. The minimum absolute atomic E-state index is 1.09. The Morgan fingerprint density at radius 3 is 0.714 bits per heavy atom. The number of aryl methyl sites for hydroxylation is 4. The maximum absolute atomic E-state index is 2.33. The Morgan fingerprint density at radius 2 is 0.449 bits per heavy atom. The van der Waals surface area contributed by atoms with Gasteiger partial charge in [0.05, 0.1) is 0 Å². The van der Waals surface area contributed by atoms with Gasteiger partial charge in [-0.15, -0.1) is 0 Å². The van der Waals surface area contributed by atoms with Gasteiger partial charge in [-0.05, 0) is 159 Å². The molecular formula is C46H41N3. The van der Waals surface area contributed by atoms with Gasteiger partial charge < -0.3 is 14.7 Å². The third-order valence-corrected chi connectivity index (χ3v) is 8.79. The Labute approximate surface area is 291 Å². The van der Waals surface area contributed by atoms with Crippen molar-refractivity contribution in [2.75, 3.05) is 14.7 Å². The van der Waals surface area contributed by atoms with Gasteiger partial charge in [0, 0.05) is 51.2 Å². The molecule has 0 aliphatic heterocycles. The molecular weight excluding hydrogens is 595 g/mol. The van der Waals surface area contributed by atoms with Gasteiger partial charge >= 0.3 is 0 Å². The van der Waals surface area contributed by atoms with Gasteiger partial charge in [-0.2, -0.15) is 0 Å². The zero-order chi connectivity index (χ0) is 33.7. The quantitative estimate of drug-likeness (QED) is 0.156. The molecule has 7 rings (SSSR count). The van der Waals surface area contributed by atoms with Crippen molar-refractivity contribution >= 4 is 51.2 Å². The Balaban J connectivity index is 1.28. The van der Waals surface area contributed by atoms with E-state index in [0.29, 0.717) is 0 Å². The van der Waals surface area contributed by atoms with Crippen molar-refractivity contribution in [3.05, 3.63) is 198 Å². The van der Waals surface area contributed by atoms with Crippen LogP contribution in [0.25, 0.3) is 0 Å². The maximum atomic E-state index is 2.33. The zero-order valence-corrected chi connectivity index (χ0v) is 28.6. The van der Waals surface area contributed by atoms with Crippen LogP contribution in [0.5, 0.6) is 0 Å². The zero-order valence-electron chi connectivity index (χ0n) is 28.6. The van der Waals surface area contributed by atoms with E-state index in [1.54, 1.807) is 0 Å². The standard InChI is InChI=1S/C46H41N3/c1-34-12-8-18-43(30-34)48(44-19-9-13-35(2)31-44)41-26-22-39(23-27-41)47(38-16-6-5-7-17-38)40-24-28-42(29-25-40)49(45-20-10-14-36(3)32-45)46-21-11-15-37(4)33-46/h5-33H,1-4H3. The third-order valence-electron chi connectivity index (χ3n) is 8.79. The smallest absolute Gasteiger partial charge is 0.0464 e. The van der Waals surface area contributed by atoms with E-state index in [-0.39, 0.29) is 0 Å². The molecule has 0 N–H and O–H groups in total. The largest absolute Gasteiger partial charge is 0.311 e. The Morgan fingerprint density at radius 1 is 0.224 bits per heavy atom. The van der Waals surface area contributed by atoms with E-state index in [1.807, 2.05) is 0 Å². The van der Waals surface area contributed by atoms with E-state index < -0.39 is 0 Å². The van der Waals surface area contributed by atoms with Crippen molar-refractivity contribution in [1.29, 1.82) is 0 Å². The Bertz CT molecular complexity index is 1940. The van der Waals surface area contributed by atoms with Gasteiger partial charge in [0.15, 0.2) is 0 Å². The molecule has 0 heterocycles. The summed E-state index contributed by atoms with van der Waals surface area (Å²) in [6, 6.07) is 63.1. The molecule has 0 aliphatic carbocycles. The summed E-state index contributed by atoms with van der Waals surface area (Å²) in [5.41, 5.74) is 15.0. The summed E-state index contributed by atoms with van der Waals surface area (Å²) >= 11 is 0. The number of nitrogens with zero attached hydrogens (tertiary/aromatic N) is 3. The summed E-state index contributed by atoms with van der Waals surface area (Å²) < 4.78 is 0. The van der Waals surface area contributed by atoms with Crippen LogP contribution >= 0.6 is 0 Å². The van der Waals surface area contributed by atoms with Crippen LogP contribution < -0.4 is 14.7 Å². The maximum Gasteiger partial charge on any atom is 0.0464 e. The van der Waals surface area contributed by atoms with Crippen LogP contribution in [0.15, 0.2) is 176 Å². The third kappa shape index (κ3) is 6.97. The molecule has 7 aromatic carbocycles. The van der Waals surface area contributed by atoms with Crippen molar-refractivity contribution in [3.8, 4) is 0 Å². The van der Waals surface area contributed by atoms with E-state index >= 15 is 0 Å². The van der Waals surface area contributed by atoms with Crippen LogP contribution in [0.3, 0.4) is 0 Å². The van der Waals surface area contributed by atoms with Gasteiger partial charge in [-0.1, -0.05) is 66.7 Å². The van der Waals surface area contributed by atoms with Crippen LogP contribution in [0.1, 0.15) is 22.3 Å². The van der Waals surface area contributed by atoms with Gasteiger partial charge in [0.2, 0.25) is 0 Å². The van der Waals surface area contributed by atoms with Crippen molar-refractivity contribution in [3.63, 3.8) is 0 Å². The fraction of sp³-hybridized carbons (Fsp3) is 0.0870. The predicted molar refractivity (Wildman–Crippen MR) is 209 cm³/mol. The number of hydrogen-bond acceptors (Lipinski definition) is 3. The molecule has 3 nitrogen and oxygen atoms in total. The summed E-state index contributed by atoms with van der Waals surface area (Å²) in [6.45, 7) is 8.58. The van der Waals surface area contributed by atoms with E-state index in [1.165, 1.54) is 22.3 Å². The fourth-order valence-corrected chi connectivity index (χ4v) is 6.49. The van der Waals surface area contributed by atoms with Crippen molar-refractivity contribution in [2.45, 2.75) is 27.7 Å². The molecule has 0 bridgehead atoms. The Kier molecular flexibility index (Phi) is 8.99. The van der Waals surface area contributed by atoms with Crippen LogP contribution in [0, 0.1) is 27.7 Å². The molecule has 0 aliphatic rings. The number of anilines is 9. The minimum atomic E-state index is 1.09. The molecule has 0 saturated carbocycles. The van der Waals surface area contributed by atoms with Crippen LogP contribution in [0.4, 0.5) is 51.2 Å². The van der Waals surface area contributed by atoms with E-state index in [4.69, 9.17) is 0 Å². The summed E-state index contributed by atoms with van der Waals surface area (Å²) in [4.78, 5) is 6.98. The normalized spacial score (nSPS) is 10.9. The molecule has 0 radical (unpaired) electrons. The second-order valence-corrected chi connectivity index (χ2v) is 12.7. The highest BCUT2D eigenvalue weighted by Crippen LogP contribution is 2.41. The summed E-state index contributed by atoms with van der Waals surface area (Å²) in [5.74, 6) is 0. The van der Waals surface area contributed by atoms with Crippen LogP contribution in [-0.2, 0) is 0 Å². The summed E-state index contributed by atoms with van der Waals surface area (Å²) in [6.07, 6.45) is 0. The SMILES string of the molecule is Cc1cccc(N(c2ccc(N(c3ccccc3)c3ccc(N(c4cccc(C)c4)c4cccc(C)c4)cc3)cc2)c2cccc(C)c2)c1. The van der Waals surface area contributed by atoms with E-state index in [0.717, 1.165) is 51.2 Å². The van der Waals surface area contributed by atoms with Gasteiger partial charge in [0.25, 0.3) is 0 Å². The van der Waals surface area contributed by atoms with Gasteiger partial charge in [-0.3, -0.25) is 0 Å². The molecule has 0 amide bonds. The van der Waals surface area contributed by atoms with Crippen molar-refractivity contribution in [1.82, 2.24) is 0 Å². The predicted octanol–water partition coefficient (Wildman–Crippen LogP) is 13.3. The van der Waals surface area contributed by atoms with Crippen LogP contribution in [-0.4, -0.2) is 0 Å². The lowest BCUT2D eigenvalue weighted by Crippen LogP contribution is -2.13.